The second-order valence-electron chi connectivity index (χ2n) is 12.2. The fourth-order valence-corrected chi connectivity index (χ4v) is 6.26. The van der Waals surface area contributed by atoms with Gasteiger partial charge in [0, 0.05) is 25.3 Å². The second-order valence-corrected chi connectivity index (χ2v) is 12.2. The molecule has 2 N–H and O–H groups in total. The normalized spacial score (nSPS) is 28.4. The van der Waals surface area contributed by atoms with E-state index < -0.39 is 48.4 Å². The summed E-state index contributed by atoms with van der Waals surface area (Å²) in [7, 11) is 0. The molecule has 2 saturated heterocycles. The molecule has 9 nitrogen and oxygen atoms in total. The number of carbonyl (C=O) groups excluding carboxylic acids is 2. The molecule has 1 spiro atoms. The van der Waals surface area contributed by atoms with E-state index >= 15 is 0 Å². The molecule has 3 fully saturated rings. The molecule has 3 aliphatic rings. The summed E-state index contributed by atoms with van der Waals surface area (Å²) in [6.45, 7) is 4.39. The molecule has 2 heterocycles. The molecule has 1 aliphatic carbocycles. The third-order valence-corrected chi connectivity index (χ3v) is 8.66. The van der Waals surface area contributed by atoms with Crippen molar-refractivity contribution in [3.05, 3.63) is 29.8 Å². The number of fused-ring (bicyclic) bond motifs is 1. The number of hydrogen-bond acceptors (Lipinski definition) is 9. The van der Waals surface area contributed by atoms with Gasteiger partial charge in [-0.3, -0.25) is 0 Å². The Kier molecular flexibility index (Phi) is 12.7. The van der Waals surface area contributed by atoms with Gasteiger partial charge in [-0.1, -0.05) is 84.1 Å². The van der Waals surface area contributed by atoms with Crippen LogP contribution in [-0.2, 0) is 33.3 Å². The highest BCUT2D eigenvalue weighted by Crippen LogP contribution is 2.45. The lowest BCUT2D eigenvalue weighted by atomic mass is 9.79. The highest BCUT2D eigenvalue weighted by Gasteiger charge is 2.61. The van der Waals surface area contributed by atoms with Crippen LogP contribution in [0, 0.1) is 0 Å². The van der Waals surface area contributed by atoms with Gasteiger partial charge >= 0.3 is 11.9 Å². The summed E-state index contributed by atoms with van der Waals surface area (Å²) in [6, 6.07) is 4.25. The zero-order valence-electron chi connectivity index (χ0n) is 25.8. The van der Waals surface area contributed by atoms with Crippen LogP contribution < -0.4 is 0 Å². The van der Waals surface area contributed by atoms with Crippen LogP contribution in [0.4, 0.5) is 0 Å². The summed E-state index contributed by atoms with van der Waals surface area (Å²) in [4.78, 5) is 26.2. The van der Waals surface area contributed by atoms with Crippen LogP contribution in [0.3, 0.4) is 0 Å². The van der Waals surface area contributed by atoms with E-state index in [9.17, 15) is 19.8 Å². The molecule has 0 bridgehead atoms. The summed E-state index contributed by atoms with van der Waals surface area (Å²) in [6.07, 6.45) is 15.5. The first-order chi connectivity index (χ1) is 20.8. The average Bonchev–Trinajstić information content (AvgIpc) is 3.53. The standard InChI is InChI=1S/C34H50O9/c1-3-5-7-9-11-13-15-30-40-28-23-34(33(38)42-31(43-34)16-14-12-10-8-6-4-2)22-27(32(28)41-30)39-29(37)20-18-24-17-19-25(35)26(36)21-24/h17-21,27-28,30-32,35-36H,3-16,22-23H2,1-2H3/b20-18+/t27-,28-,30+,31-,32+,34-/m1/s1. The van der Waals surface area contributed by atoms with Crippen LogP contribution in [0.2, 0.25) is 0 Å². The number of hydrogen-bond donors (Lipinski definition) is 2. The number of phenols is 2. The minimum atomic E-state index is -1.25. The Labute approximate surface area is 255 Å². The first-order valence-electron chi connectivity index (χ1n) is 16.4. The topological polar surface area (TPSA) is 121 Å². The van der Waals surface area contributed by atoms with Gasteiger partial charge in [-0.2, -0.15) is 0 Å². The Balaban J connectivity index is 1.39. The molecular formula is C34H50O9. The van der Waals surface area contributed by atoms with Crippen LogP contribution in [0.15, 0.2) is 24.3 Å². The van der Waals surface area contributed by atoms with Crippen LogP contribution in [0.1, 0.15) is 122 Å². The van der Waals surface area contributed by atoms with E-state index in [0.717, 1.165) is 38.5 Å². The summed E-state index contributed by atoms with van der Waals surface area (Å²) in [5.41, 5.74) is -0.728. The molecule has 4 rings (SSSR count). The average molecular weight is 603 g/mol. The maximum Gasteiger partial charge on any atom is 0.341 e. The highest BCUT2D eigenvalue weighted by atomic mass is 16.8. The number of esters is 2. The second kappa shape index (κ2) is 16.5. The fourth-order valence-electron chi connectivity index (χ4n) is 6.26. The van der Waals surface area contributed by atoms with Crippen molar-refractivity contribution in [3.8, 4) is 11.5 Å². The smallest absolute Gasteiger partial charge is 0.341 e. The fraction of sp³-hybridized carbons (Fsp3) is 0.706. The van der Waals surface area contributed by atoms with E-state index in [1.165, 1.54) is 69.2 Å². The van der Waals surface area contributed by atoms with E-state index in [-0.39, 0.29) is 17.9 Å². The van der Waals surface area contributed by atoms with Gasteiger partial charge in [0.2, 0.25) is 6.29 Å². The lowest BCUT2D eigenvalue weighted by Crippen LogP contribution is -2.55. The maximum absolute atomic E-state index is 13.3. The molecule has 9 heteroatoms. The summed E-state index contributed by atoms with van der Waals surface area (Å²) >= 11 is 0. The molecule has 1 aromatic rings. The quantitative estimate of drug-likeness (QED) is 0.0835. The lowest BCUT2D eigenvalue weighted by Gasteiger charge is -2.39. The van der Waals surface area contributed by atoms with Crippen molar-refractivity contribution in [3.63, 3.8) is 0 Å². The number of carbonyl (C=O) groups is 2. The molecule has 43 heavy (non-hydrogen) atoms. The van der Waals surface area contributed by atoms with Gasteiger partial charge in [0.05, 0.1) is 6.10 Å². The largest absolute Gasteiger partial charge is 0.504 e. The molecular weight excluding hydrogens is 552 g/mol. The van der Waals surface area contributed by atoms with E-state index in [1.54, 1.807) is 6.07 Å². The number of rotatable bonds is 17. The number of phenolic OH excluding ortho intramolecular Hbond substituents is 2. The van der Waals surface area contributed by atoms with Gasteiger partial charge in [-0.25, -0.2) is 9.59 Å². The van der Waals surface area contributed by atoms with E-state index in [0.29, 0.717) is 18.4 Å². The predicted molar refractivity (Wildman–Crippen MR) is 161 cm³/mol. The summed E-state index contributed by atoms with van der Waals surface area (Å²) < 4.78 is 30.5. The molecule has 0 radical (unpaired) electrons. The van der Waals surface area contributed by atoms with Crippen molar-refractivity contribution >= 4 is 18.0 Å². The third-order valence-electron chi connectivity index (χ3n) is 8.66. The number of unbranched alkanes of at least 4 members (excludes halogenated alkanes) is 10. The Morgan fingerprint density at radius 2 is 1.53 bits per heavy atom. The van der Waals surface area contributed by atoms with Gasteiger partial charge in [0.25, 0.3) is 0 Å². The Morgan fingerprint density at radius 3 is 2.21 bits per heavy atom. The van der Waals surface area contributed by atoms with Gasteiger partial charge in [-0.15, -0.1) is 0 Å². The Hall–Kier alpha value is -2.62. The third kappa shape index (κ3) is 9.43. The zero-order valence-corrected chi connectivity index (χ0v) is 25.8. The number of cyclic esters (lactones) is 1. The Bertz CT molecular complexity index is 1070. The van der Waals surface area contributed by atoms with Crippen LogP contribution in [0.25, 0.3) is 6.08 Å². The van der Waals surface area contributed by atoms with Gasteiger partial charge in [-0.05, 0) is 43.0 Å². The van der Waals surface area contributed by atoms with Gasteiger partial charge in [0.15, 0.2) is 23.4 Å². The monoisotopic (exact) mass is 602 g/mol. The number of ether oxygens (including phenoxy) is 5. The van der Waals surface area contributed by atoms with Crippen LogP contribution >= 0.6 is 0 Å². The molecule has 0 amide bonds. The van der Waals surface area contributed by atoms with Crippen LogP contribution in [-0.4, -0.2) is 58.6 Å². The first kappa shape index (κ1) is 33.3. The van der Waals surface area contributed by atoms with Crippen LogP contribution in [0.5, 0.6) is 11.5 Å². The van der Waals surface area contributed by atoms with Crippen molar-refractivity contribution in [2.75, 3.05) is 0 Å². The van der Waals surface area contributed by atoms with Crippen molar-refractivity contribution < 1.29 is 43.5 Å². The lowest BCUT2D eigenvalue weighted by molar-refractivity contribution is -0.176. The maximum atomic E-state index is 13.3. The molecule has 1 aromatic carbocycles. The molecule has 0 unspecified atom stereocenters. The SMILES string of the molecule is CCCCCCCC[C@@H]1O[C@H]2[C@H](OC(=O)/C=C/c3ccc(O)c(O)c3)C[C@]3(C[C@H]2O1)O[C@H](CCCCCCCC)OC3=O. The molecule has 0 aromatic heterocycles. The Morgan fingerprint density at radius 1 is 0.884 bits per heavy atom. The van der Waals surface area contributed by atoms with E-state index in [4.69, 9.17) is 23.7 Å². The first-order valence-corrected chi connectivity index (χ1v) is 16.4. The predicted octanol–water partition coefficient (Wildman–Crippen LogP) is 7.07. The molecule has 240 valence electrons. The highest BCUT2D eigenvalue weighted by molar-refractivity contribution is 5.87. The molecule has 1 saturated carbocycles. The molecule has 6 atom stereocenters. The van der Waals surface area contributed by atoms with Gasteiger partial charge in [0.1, 0.15) is 12.2 Å². The summed E-state index contributed by atoms with van der Waals surface area (Å²) in [5.74, 6) is -1.58. The van der Waals surface area contributed by atoms with Gasteiger partial charge < -0.3 is 33.9 Å². The number of aromatic hydroxyl groups is 2. The molecule has 2 aliphatic heterocycles. The van der Waals surface area contributed by atoms with E-state index in [1.807, 2.05) is 0 Å². The minimum Gasteiger partial charge on any atom is -0.504 e. The summed E-state index contributed by atoms with van der Waals surface area (Å²) in [5, 5.41) is 19.3. The minimum absolute atomic E-state index is 0.132. The zero-order chi connectivity index (χ0) is 30.7. The van der Waals surface area contributed by atoms with Crippen molar-refractivity contribution in [1.82, 2.24) is 0 Å². The van der Waals surface area contributed by atoms with Crippen molar-refractivity contribution in [2.24, 2.45) is 0 Å². The van der Waals surface area contributed by atoms with Crippen molar-refractivity contribution in [2.45, 2.75) is 153 Å². The van der Waals surface area contributed by atoms with E-state index in [2.05, 4.69) is 13.8 Å². The van der Waals surface area contributed by atoms with Crippen molar-refractivity contribution in [1.29, 1.82) is 0 Å². The number of benzene rings is 1.